The first-order valence-corrected chi connectivity index (χ1v) is 9.25. The number of methoxy groups -OCH3 is 1. The third-order valence-corrected chi connectivity index (χ3v) is 5.30. The number of ether oxygens (including phenoxy) is 1. The van der Waals surface area contributed by atoms with E-state index < -0.39 is 0 Å². The maximum absolute atomic E-state index is 12.3. The minimum Gasteiger partial charge on any atom is -0.497 e. The summed E-state index contributed by atoms with van der Waals surface area (Å²) in [6.45, 7) is 1.38. The highest BCUT2D eigenvalue weighted by molar-refractivity contribution is 7.99. The average Bonchev–Trinajstić information content (AvgIpc) is 2.61. The van der Waals surface area contributed by atoms with Gasteiger partial charge >= 0.3 is 0 Å². The van der Waals surface area contributed by atoms with Gasteiger partial charge in [0.1, 0.15) is 5.75 Å². The Bertz CT molecular complexity index is 552. The Morgan fingerprint density at radius 2 is 1.83 bits per heavy atom. The van der Waals surface area contributed by atoms with Gasteiger partial charge in [-0.2, -0.15) is 0 Å². The monoisotopic (exact) mass is 350 g/mol. The zero-order valence-electron chi connectivity index (χ0n) is 14.7. The molecule has 2 amide bonds. The largest absolute Gasteiger partial charge is 0.497 e. The van der Waals surface area contributed by atoms with E-state index in [-0.39, 0.29) is 17.7 Å². The van der Waals surface area contributed by atoms with E-state index in [9.17, 15) is 9.59 Å². The van der Waals surface area contributed by atoms with Crippen molar-refractivity contribution < 1.29 is 14.3 Å². The van der Waals surface area contributed by atoms with Gasteiger partial charge in [-0.15, -0.1) is 11.8 Å². The van der Waals surface area contributed by atoms with Gasteiger partial charge in [0.05, 0.1) is 7.11 Å². The molecule has 0 radical (unpaired) electrons. The topological polar surface area (TPSA) is 49.9 Å². The molecule has 0 aliphatic carbocycles. The second kappa shape index (κ2) is 8.97. The summed E-state index contributed by atoms with van der Waals surface area (Å²) < 4.78 is 5.13. The predicted octanol–water partition coefficient (Wildman–Crippen LogP) is 2.50. The van der Waals surface area contributed by atoms with E-state index in [1.165, 1.54) is 0 Å². The van der Waals surface area contributed by atoms with Crippen molar-refractivity contribution in [1.29, 1.82) is 0 Å². The number of piperidine rings is 1. The number of benzene rings is 1. The molecule has 0 bridgehead atoms. The molecule has 0 spiro atoms. The maximum Gasteiger partial charge on any atom is 0.225 e. The molecule has 1 heterocycles. The predicted molar refractivity (Wildman–Crippen MR) is 96.3 cm³/mol. The average molecular weight is 350 g/mol. The van der Waals surface area contributed by atoms with Crippen LogP contribution in [0.4, 0.5) is 0 Å². The van der Waals surface area contributed by atoms with Crippen LogP contribution in [0.25, 0.3) is 0 Å². The number of nitrogens with zero attached hydrogens (tertiary/aromatic N) is 2. The SMILES string of the molecule is COc1ccc(SCCC(=O)N2CCC(C(=O)N(C)C)CC2)cc1. The molecule has 2 rings (SSSR count). The Kier molecular flexibility index (Phi) is 6.97. The fourth-order valence-corrected chi connectivity index (χ4v) is 3.67. The van der Waals surface area contributed by atoms with Gasteiger partial charge in [-0.05, 0) is 37.1 Å². The van der Waals surface area contributed by atoms with E-state index in [0.717, 1.165) is 29.2 Å². The van der Waals surface area contributed by atoms with Crippen molar-refractivity contribution in [2.75, 3.05) is 40.0 Å². The molecule has 1 aliphatic heterocycles. The highest BCUT2D eigenvalue weighted by atomic mass is 32.2. The van der Waals surface area contributed by atoms with Crippen molar-refractivity contribution in [2.45, 2.75) is 24.2 Å². The summed E-state index contributed by atoms with van der Waals surface area (Å²) in [5.41, 5.74) is 0. The van der Waals surface area contributed by atoms with Gasteiger partial charge in [-0.3, -0.25) is 9.59 Å². The molecule has 0 unspecified atom stereocenters. The molecule has 1 aromatic carbocycles. The summed E-state index contributed by atoms with van der Waals surface area (Å²) in [6, 6.07) is 7.87. The third kappa shape index (κ3) is 5.16. The van der Waals surface area contributed by atoms with E-state index in [4.69, 9.17) is 4.74 Å². The molecular formula is C18H26N2O3S. The van der Waals surface area contributed by atoms with Crippen molar-refractivity contribution in [1.82, 2.24) is 9.80 Å². The number of hydrogen-bond donors (Lipinski definition) is 0. The number of rotatable bonds is 6. The lowest BCUT2D eigenvalue weighted by Gasteiger charge is -2.32. The molecule has 1 aromatic rings. The summed E-state index contributed by atoms with van der Waals surface area (Å²) >= 11 is 1.68. The summed E-state index contributed by atoms with van der Waals surface area (Å²) in [6.07, 6.45) is 2.08. The molecule has 5 nitrogen and oxygen atoms in total. The molecule has 1 saturated heterocycles. The number of carbonyl (C=O) groups is 2. The van der Waals surface area contributed by atoms with Crippen molar-refractivity contribution in [3.63, 3.8) is 0 Å². The van der Waals surface area contributed by atoms with Crippen LogP contribution in [0.3, 0.4) is 0 Å². The van der Waals surface area contributed by atoms with Crippen LogP contribution in [0.1, 0.15) is 19.3 Å². The van der Waals surface area contributed by atoms with Gasteiger partial charge < -0.3 is 14.5 Å². The zero-order valence-corrected chi connectivity index (χ0v) is 15.5. The van der Waals surface area contributed by atoms with Gasteiger partial charge in [0, 0.05) is 50.2 Å². The number of hydrogen-bond acceptors (Lipinski definition) is 4. The van der Waals surface area contributed by atoms with Crippen molar-refractivity contribution in [2.24, 2.45) is 5.92 Å². The Balaban J connectivity index is 1.70. The molecule has 0 aromatic heterocycles. The van der Waals surface area contributed by atoms with Crippen molar-refractivity contribution in [3.05, 3.63) is 24.3 Å². The van der Waals surface area contributed by atoms with Crippen LogP contribution >= 0.6 is 11.8 Å². The minimum absolute atomic E-state index is 0.0673. The highest BCUT2D eigenvalue weighted by Crippen LogP contribution is 2.23. The first kappa shape index (κ1) is 18.6. The van der Waals surface area contributed by atoms with Gasteiger partial charge in [0.2, 0.25) is 11.8 Å². The highest BCUT2D eigenvalue weighted by Gasteiger charge is 2.27. The van der Waals surface area contributed by atoms with Crippen LogP contribution in [0.5, 0.6) is 5.75 Å². The number of thioether (sulfide) groups is 1. The first-order valence-electron chi connectivity index (χ1n) is 8.27. The molecule has 24 heavy (non-hydrogen) atoms. The molecule has 1 fully saturated rings. The lowest BCUT2D eigenvalue weighted by molar-refractivity contribution is -0.138. The van der Waals surface area contributed by atoms with E-state index in [0.29, 0.717) is 19.5 Å². The number of carbonyl (C=O) groups excluding carboxylic acids is 2. The lowest BCUT2D eigenvalue weighted by Crippen LogP contribution is -2.42. The standard InChI is InChI=1S/C18H26N2O3S/c1-19(2)18(22)14-8-11-20(12-9-14)17(21)10-13-24-16-6-4-15(23-3)5-7-16/h4-7,14H,8-13H2,1-3H3. The van der Waals surface area contributed by atoms with Gasteiger partial charge in [0.15, 0.2) is 0 Å². The minimum atomic E-state index is 0.0673. The smallest absolute Gasteiger partial charge is 0.225 e. The molecule has 132 valence electrons. The third-order valence-electron chi connectivity index (χ3n) is 4.28. The Hall–Kier alpha value is -1.69. The summed E-state index contributed by atoms with van der Waals surface area (Å²) in [4.78, 5) is 28.9. The molecular weight excluding hydrogens is 324 g/mol. The first-order chi connectivity index (χ1) is 11.5. The van der Waals surface area contributed by atoms with E-state index in [1.54, 1.807) is 37.9 Å². The van der Waals surface area contributed by atoms with E-state index in [1.807, 2.05) is 29.2 Å². The van der Waals surface area contributed by atoms with Gasteiger partial charge in [-0.25, -0.2) is 0 Å². The quantitative estimate of drug-likeness (QED) is 0.740. The molecule has 0 atom stereocenters. The normalized spacial score (nSPS) is 15.2. The van der Waals surface area contributed by atoms with Crippen molar-refractivity contribution >= 4 is 23.6 Å². The lowest BCUT2D eigenvalue weighted by atomic mass is 9.95. The zero-order chi connectivity index (χ0) is 17.5. The van der Waals surface area contributed by atoms with Crippen LogP contribution in [0.2, 0.25) is 0 Å². The Morgan fingerprint density at radius 1 is 1.21 bits per heavy atom. The maximum atomic E-state index is 12.3. The number of likely N-dealkylation sites (tertiary alicyclic amines) is 1. The van der Waals surface area contributed by atoms with Crippen LogP contribution in [-0.4, -0.2) is 61.7 Å². The molecule has 0 saturated carbocycles. The fourth-order valence-electron chi connectivity index (χ4n) is 2.83. The van der Waals surface area contributed by atoms with E-state index >= 15 is 0 Å². The second-order valence-corrected chi connectivity index (χ2v) is 7.33. The van der Waals surface area contributed by atoms with Crippen LogP contribution < -0.4 is 4.74 Å². The summed E-state index contributed by atoms with van der Waals surface area (Å²) in [7, 11) is 5.22. The Morgan fingerprint density at radius 3 is 2.38 bits per heavy atom. The Labute approximate surface area is 148 Å². The number of amides is 2. The second-order valence-electron chi connectivity index (χ2n) is 6.16. The van der Waals surface area contributed by atoms with Crippen LogP contribution in [0.15, 0.2) is 29.2 Å². The van der Waals surface area contributed by atoms with Crippen LogP contribution in [0, 0.1) is 5.92 Å². The molecule has 0 N–H and O–H groups in total. The van der Waals surface area contributed by atoms with Crippen LogP contribution in [-0.2, 0) is 9.59 Å². The molecule has 1 aliphatic rings. The van der Waals surface area contributed by atoms with E-state index in [2.05, 4.69) is 0 Å². The fraction of sp³-hybridized carbons (Fsp3) is 0.556. The summed E-state index contributed by atoms with van der Waals surface area (Å²) in [5, 5.41) is 0. The molecule has 6 heteroatoms. The summed E-state index contributed by atoms with van der Waals surface area (Å²) in [5.74, 6) is 2.04. The van der Waals surface area contributed by atoms with Crippen molar-refractivity contribution in [3.8, 4) is 5.75 Å². The van der Waals surface area contributed by atoms with Gasteiger partial charge in [-0.1, -0.05) is 0 Å². The van der Waals surface area contributed by atoms with Gasteiger partial charge in [0.25, 0.3) is 0 Å².